The summed E-state index contributed by atoms with van der Waals surface area (Å²) >= 11 is 0. The van der Waals surface area contributed by atoms with Crippen LogP contribution in [0.3, 0.4) is 0 Å². The molecule has 2 nitrogen and oxygen atoms in total. The molecule has 0 radical (unpaired) electrons. The maximum atomic E-state index is 12.1. The SMILES string of the molecule is CNCc1ccnc(C(F)F)c1. The van der Waals surface area contributed by atoms with Crippen molar-refractivity contribution < 1.29 is 8.78 Å². The van der Waals surface area contributed by atoms with Crippen molar-refractivity contribution in [3.8, 4) is 0 Å². The minimum atomic E-state index is -2.48. The van der Waals surface area contributed by atoms with E-state index in [1.165, 1.54) is 12.3 Å². The summed E-state index contributed by atoms with van der Waals surface area (Å²) < 4.78 is 24.2. The number of hydrogen-bond acceptors (Lipinski definition) is 2. The number of alkyl halides is 2. The Balaban J connectivity index is 2.81. The largest absolute Gasteiger partial charge is 0.316 e. The quantitative estimate of drug-likeness (QED) is 0.751. The minimum Gasteiger partial charge on any atom is -0.316 e. The first-order chi connectivity index (χ1) is 5.74. The second-order valence-corrected chi connectivity index (χ2v) is 2.42. The lowest BCUT2D eigenvalue weighted by atomic mass is 10.2. The highest BCUT2D eigenvalue weighted by molar-refractivity contribution is 5.16. The van der Waals surface area contributed by atoms with Gasteiger partial charge in [-0.3, -0.25) is 4.98 Å². The van der Waals surface area contributed by atoms with Gasteiger partial charge in [0.2, 0.25) is 0 Å². The number of rotatable bonds is 3. The third kappa shape index (κ3) is 2.23. The van der Waals surface area contributed by atoms with Crippen LogP contribution in [0.1, 0.15) is 17.7 Å². The van der Waals surface area contributed by atoms with Crippen molar-refractivity contribution in [2.75, 3.05) is 7.05 Å². The normalized spacial score (nSPS) is 10.7. The molecule has 0 aliphatic heterocycles. The predicted octanol–water partition coefficient (Wildman–Crippen LogP) is 1.74. The number of aromatic nitrogens is 1. The molecule has 0 aliphatic rings. The molecule has 0 aliphatic carbocycles. The molecular weight excluding hydrogens is 162 g/mol. The molecule has 0 saturated heterocycles. The summed E-state index contributed by atoms with van der Waals surface area (Å²) in [6.07, 6.45) is -1.09. The van der Waals surface area contributed by atoms with Gasteiger partial charge in [0.25, 0.3) is 6.43 Å². The van der Waals surface area contributed by atoms with E-state index < -0.39 is 6.43 Å². The van der Waals surface area contributed by atoms with Crippen molar-refractivity contribution in [2.45, 2.75) is 13.0 Å². The van der Waals surface area contributed by atoms with Crippen molar-refractivity contribution in [2.24, 2.45) is 0 Å². The third-order valence-electron chi connectivity index (χ3n) is 1.45. The van der Waals surface area contributed by atoms with E-state index in [1.54, 1.807) is 13.1 Å². The summed E-state index contributed by atoms with van der Waals surface area (Å²) in [7, 11) is 1.77. The van der Waals surface area contributed by atoms with Crippen LogP contribution in [-0.4, -0.2) is 12.0 Å². The predicted molar refractivity (Wildman–Crippen MR) is 42.0 cm³/mol. The molecule has 0 aromatic carbocycles. The average molecular weight is 172 g/mol. The van der Waals surface area contributed by atoms with Gasteiger partial charge in [-0.25, -0.2) is 8.78 Å². The summed E-state index contributed by atoms with van der Waals surface area (Å²) in [5.41, 5.74) is 0.658. The molecule has 0 unspecified atom stereocenters. The molecule has 66 valence electrons. The number of hydrogen-bond donors (Lipinski definition) is 1. The monoisotopic (exact) mass is 172 g/mol. The Morgan fingerprint density at radius 2 is 2.33 bits per heavy atom. The molecule has 0 amide bonds. The second-order valence-electron chi connectivity index (χ2n) is 2.42. The maximum Gasteiger partial charge on any atom is 0.280 e. The van der Waals surface area contributed by atoms with Gasteiger partial charge in [0.15, 0.2) is 0 Å². The fourth-order valence-corrected chi connectivity index (χ4v) is 0.928. The van der Waals surface area contributed by atoms with Crippen LogP contribution in [-0.2, 0) is 6.54 Å². The molecule has 1 rings (SSSR count). The van der Waals surface area contributed by atoms with Gasteiger partial charge in [-0.1, -0.05) is 0 Å². The first kappa shape index (κ1) is 9.06. The summed E-state index contributed by atoms with van der Waals surface area (Å²) in [5, 5.41) is 2.88. The van der Waals surface area contributed by atoms with Gasteiger partial charge >= 0.3 is 0 Å². The first-order valence-corrected chi connectivity index (χ1v) is 3.61. The van der Waals surface area contributed by atoms with Gasteiger partial charge in [0, 0.05) is 12.7 Å². The molecule has 0 bridgehead atoms. The van der Waals surface area contributed by atoms with Crippen molar-refractivity contribution >= 4 is 0 Å². The van der Waals surface area contributed by atoms with Gasteiger partial charge in [0.05, 0.1) is 0 Å². The highest BCUT2D eigenvalue weighted by Crippen LogP contribution is 2.16. The Kier molecular flexibility index (Phi) is 3.10. The van der Waals surface area contributed by atoms with Crippen molar-refractivity contribution in [3.05, 3.63) is 29.6 Å². The Morgan fingerprint density at radius 3 is 2.92 bits per heavy atom. The Labute approximate surface area is 69.6 Å². The van der Waals surface area contributed by atoms with Crippen LogP contribution in [0.4, 0.5) is 8.78 Å². The molecule has 0 fully saturated rings. The number of halogens is 2. The molecule has 1 aromatic rings. The molecular formula is C8H10F2N2. The molecule has 12 heavy (non-hydrogen) atoms. The van der Waals surface area contributed by atoms with E-state index in [-0.39, 0.29) is 5.69 Å². The zero-order valence-electron chi connectivity index (χ0n) is 6.72. The molecule has 4 heteroatoms. The highest BCUT2D eigenvalue weighted by atomic mass is 19.3. The zero-order valence-corrected chi connectivity index (χ0v) is 6.72. The Hall–Kier alpha value is -1.03. The molecule has 1 N–H and O–H groups in total. The van der Waals surface area contributed by atoms with Gasteiger partial charge in [-0.2, -0.15) is 0 Å². The lowest BCUT2D eigenvalue weighted by molar-refractivity contribution is 0.146. The molecule has 0 spiro atoms. The van der Waals surface area contributed by atoms with E-state index in [2.05, 4.69) is 10.3 Å². The van der Waals surface area contributed by atoms with Crippen LogP contribution >= 0.6 is 0 Å². The topological polar surface area (TPSA) is 24.9 Å². The summed E-state index contributed by atoms with van der Waals surface area (Å²) in [5.74, 6) is 0. The number of nitrogens with one attached hydrogen (secondary N) is 1. The van der Waals surface area contributed by atoms with Crippen LogP contribution < -0.4 is 5.32 Å². The van der Waals surface area contributed by atoms with E-state index in [4.69, 9.17) is 0 Å². The van der Waals surface area contributed by atoms with Gasteiger partial charge < -0.3 is 5.32 Å². The Bertz CT molecular complexity index is 251. The van der Waals surface area contributed by atoms with Crippen molar-refractivity contribution in [3.63, 3.8) is 0 Å². The van der Waals surface area contributed by atoms with E-state index in [0.29, 0.717) is 6.54 Å². The summed E-state index contributed by atoms with van der Waals surface area (Å²) in [4.78, 5) is 3.54. The van der Waals surface area contributed by atoms with Crippen LogP contribution in [0.15, 0.2) is 18.3 Å². The van der Waals surface area contributed by atoms with E-state index >= 15 is 0 Å². The van der Waals surface area contributed by atoms with Crippen LogP contribution in [0.5, 0.6) is 0 Å². The number of nitrogens with zero attached hydrogens (tertiary/aromatic N) is 1. The van der Waals surface area contributed by atoms with E-state index in [0.717, 1.165) is 5.56 Å². The molecule has 0 saturated carbocycles. The van der Waals surface area contributed by atoms with Gasteiger partial charge in [-0.15, -0.1) is 0 Å². The van der Waals surface area contributed by atoms with Gasteiger partial charge in [-0.05, 0) is 24.7 Å². The summed E-state index contributed by atoms with van der Waals surface area (Å²) in [6.45, 7) is 0.586. The molecule has 1 heterocycles. The van der Waals surface area contributed by atoms with Gasteiger partial charge in [0.1, 0.15) is 5.69 Å². The fourth-order valence-electron chi connectivity index (χ4n) is 0.928. The lowest BCUT2D eigenvalue weighted by Crippen LogP contribution is -2.05. The highest BCUT2D eigenvalue weighted by Gasteiger charge is 2.07. The smallest absolute Gasteiger partial charge is 0.280 e. The van der Waals surface area contributed by atoms with Crippen molar-refractivity contribution in [1.29, 1.82) is 0 Å². The fraction of sp³-hybridized carbons (Fsp3) is 0.375. The summed E-state index contributed by atoms with van der Waals surface area (Å²) in [6, 6.07) is 3.11. The van der Waals surface area contributed by atoms with Crippen LogP contribution in [0.2, 0.25) is 0 Å². The molecule has 1 aromatic heterocycles. The maximum absolute atomic E-state index is 12.1. The standard InChI is InChI=1S/C8H10F2N2/c1-11-5-6-2-3-12-7(4-6)8(9)10/h2-4,8,11H,5H2,1H3. The van der Waals surface area contributed by atoms with Crippen molar-refractivity contribution in [1.82, 2.24) is 10.3 Å². The minimum absolute atomic E-state index is 0.164. The average Bonchev–Trinajstić information content (AvgIpc) is 2.05. The third-order valence-corrected chi connectivity index (χ3v) is 1.45. The molecule has 0 atom stereocenters. The zero-order chi connectivity index (χ0) is 8.97. The van der Waals surface area contributed by atoms with Crippen LogP contribution in [0, 0.1) is 0 Å². The number of pyridine rings is 1. The van der Waals surface area contributed by atoms with E-state index in [9.17, 15) is 8.78 Å². The first-order valence-electron chi connectivity index (χ1n) is 3.61. The Morgan fingerprint density at radius 1 is 1.58 bits per heavy atom. The lowest BCUT2D eigenvalue weighted by Gasteiger charge is -2.02. The second kappa shape index (κ2) is 4.11. The van der Waals surface area contributed by atoms with E-state index in [1.807, 2.05) is 0 Å². The van der Waals surface area contributed by atoms with Crippen LogP contribution in [0.25, 0.3) is 0 Å².